The Kier molecular flexibility index (Phi) is 2.81. The molecule has 4 nitrogen and oxygen atoms in total. The number of likely N-dealkylation sites (N-methyl/N-ethyl adjacent to an activating group) is 2. The number of rotatable bonds is 3. The molecule has 4 heteroatoms. The molecule has 1 saturated heterocycles. The predicted octanol–water partition coefficient (Wildman–Crippen LogP) is -0.257. The van der Waals surface area contributed by atoms with Gasteiger partial charge in [0.15, 0.2) is 0 Å². The Morgan fingerprint density at radius 1 is 1.50 bits per heavy atom. The summed E-state index contributed by atoms with van der Waals surface area (Å²) in [4.78, 5) is 23.8. The molecule has 1 aliphatic rings. The number of hydrogen-bond donors (Lipinski definition) is 1. The Bertz CT molecular complexity index is 203. The number of nitrogens with zero attached hydrogens (tertiary/aromatic N) is 1. The standard InChI is InChI=1S/C8H14N2O2/c1-3-9-6-5-7(11)10(4-2)8(6)12/h6,9H,3-5H2,1-2H3. The highest BCUT2D eigenvalue weighted by Crippen LogP contribution is 2.11. The number of carbonyl (C=O) groups is 2. The highest BCUT2D eigenvalue weighted by Gasteiger charge is 2.36. The Morgan fingerprint density at radius 3 is 2.58 bits per heavy atom. The molecule has 0 spiro atoms. The van der Waals surface area contributed by atoms with Crippen molar-refractivity contribution in [2.45, 2.75) is 26.3 Å². The Hall–Kier alpha value is -0.900. The van der Waals surface area contributed by atoms with Gasteiger partial charge in [-0.2, -0.15) is 0 Å². The smallest absolute Gasteiger partial charge is 0.246 e. The maximum Gasteiger partial charge on any atom is 0.246 e. The van der Waals surface area contributed by atoms with Crippen LogP contribution in [0.25, 0.3) is 0 Å². The Labute approximate surface area is 71.9 Å². The summed E-state index contributed by atoms with van der Waals surface area (Å²) in [6.07, 6.45) is 0.320. The van der Waals surface area contributed by atoms with E-state index in [0.29, 0.717) is 13.0 Å². The molecule has 1 rings (SSSR count). The molecule has 1 unspecified atom stereocenters. The first kappa shape index (κ1) is 9.19. The van der Waals surface area contributed by atoms with Gasteiger partial charge in [-0.3, -0.25) is 14.5 Å². The molecule has 0 bridgehead atoms. The number of amides is 2. The van der Waals surface area contributed by atoms with Crippen LogP contribution in [0.5, 0.6) is 0 Å². The Morgan fingerprint density at radius 2 is 2.17 bits per heavy atom. The minimum atomic E-state index is -0.276. The molecule has 0 aliphatic carbocycles. The van der Waals surface area contributed by atoms with Crippen LogP contribution in [0.4, 0.5) is 0 Å². The first-order valence-corrected chi connectivity index (χ1v) is 4.28. The summed E-state index contributed by atoms with van der Waals surface area (Å²) < 4.78 is 0. The van der Waals surface area contributed by atoms with E-state index in [4.69, 9.17) is 0 Å². The van der Waals surface area contributed by atoms with Crippen molar-refractivity contribution >= 4 is 11.8 Å². The maximum absolute atomic E-state index is 11.4. The quantitative estimate of drug-likeness (QED) is 0.594. The van der Waals surface area contributed by atoms with Gasteiger partial charge < -0.3 is 5.32 Å². The molecular formula is C8H14N2O2. The fourth-order valence-electron chi connectivity index (χ4n) is 1.42. The lowest BCUT2D eigenvalue weighted by Gasteiger charge is -2.11. The molecule has 1 N–H and O–H groups in total. The predicted molar refractivity (Wildman–Crippen MR) is 44.5 cm³/mol. The average molecular weight is 170 g/mol. The van der Waals surface area contributed by atoms with Crippen LogP contribution in [0, 0.1) is 0 Å². The number of likely N-dealkylation sites (tertiary alicyclic amines) is 1. The molecule has 68 valence electrons. The van der Waals surface area contributed by atoms with E-state index in [0.717, 1.165) is 6.54 Å². The van der Waals surface area contributed by atoms with Gasteiger partial charge in [-0.05, 0) is 13.5 Å². The summed E-state index contributed by atoms with van der Waals surface area (Å²) in [6, 6.07) is -0.276. The SMILES string of the molecule is CCNC1CC(=O)N(CC)C1=O. The summed E-state index contributed by atoms with van der Waals surface area (Å²) in [7, 11) is 0. The lowest BCUT2D eigenvalue weighted by molar-refractivity contribution is -0.138. The summed E-state index contributed by atoms with van der Waals surface area (Å²) in [6.45, 7) is 4.94. The largest absolute Gasteiger partial charge is 0.306 e. The van der Waals surface area contributed by atoms with Crippen LogP contribution in [0.1, 0.15) is 20.3 Å². The van der Waals surface area contributed by atoms with Gasteiger partial charge in [0, 0.05) is 6.54 Å². The molecule has 0 aromatic carbocycles. The second-order valence-electron chi connectivity index (χ2n) is 2.79. The minimum absolute atomic E-state index is 0.0616. The number of hydrogen-bond acceptors (Lipinski definition) is 3. The van der Waals surface area contributed by atoms with Gasteiger partial charge in [-0.15, -0.1) is 0 Å². The van der Waals surface area contributed by atoms with Crippen LogP contribution in [0.3, 0.4) is 0 Å². The van der Waals surface area contributed by atoms with Crippen molar-refractivity contribution < 1.29 is 9.59 Å². The van der Waals surface area contributed by atoms with Gasteiger partial charge in [0.2, 0.25) is 11.8 Å². The zero-order valence-electron chi connectivity index (χ0n) is 7.46. The van der Waals surface area contributed by atoms with Gasteiger partial charge in [0.05, 0.1) is 12.5 Å². The molecular weight excluding hydrogens is 156 g/mol. The summed E-state index contributed by atoms with van der Waals surface area (Å²) in [5.74, 6) is -0.141. The van der Waals surface area contributed by atoms with Crippen LogP contribution in [-0.4, -0.2) is 35.8 Å². The van der Waals surface area contributed by atoms with E-state index in [1.165, 1.54) is 4.90 Å². The van der Waals surface area contributed by atoms with E-state index in [2.05, 4.69) is 5.32 Å². The molecule has 2 amide bonds. The number of imide groups is 1. The van der Waals surface area contributed by atoms with Crippen molar-refractivity contribution in [3.63, 3.8) is 0 Å². The zero-order chi connectivity index (χ0) is 9.14. The minimum Gasteiger partial charge on any atom is -0.306 e. The van der Waals surface area contributed by atoms with E-state index >= 15 is 0 Å². The third kappa shape index (κ3) is 1.48. The van der Waals surface area contributed by atoms with Crippen LogP contribution in [-0.2, 0) is 9.59 Å². The van der Waals surface area contributed by atoms with E-state index in [1.54, 1.807) is 0 Å². The third-order valence-corrected chi connectivity index (χ3v) is 2.01. The first-order chi connectivity index (χ1) is 5.70. The molecule has 1 aliphatic heterocycles. The van der Waals surface area contributed by atoms with Crippen LogP contribution >= 0.6 is 0 Å². The molecule has 0 saturated carbocycles. The normalized spacial score (nSPS) is 23.8. The average Bonchev–Trinajstić information content (AvgIpc) is 2.29. The van der Waals surface area contributed by atoms with Crippen molar-refractivity contribution in [1.29, 1.82) is 0 Å². The van der Waals surface area contributed by atoms with Gasteiger partial charge >= 0.3 is 0 Å². The van der Waals surface area contributed by atoms with Crippen molar-refractivity contribution in [3.8, 4) is 0 Å². The first-order valence-electron chi connectivity index (χ1n) is 4.28. The highest BCUT2D eigenvalue weighted by molar-refractivity contribution is 6.05. The van der Waals surface area contributed by atoms with Crippen LogP contribution in [0.2, 0.25) is 0 Å². The lowest BCUT2D eigenvalue weighted by atomic mass is 10.2. The van der Waals surface area contributed by atoms with Crippen molar-refractivity contribution in [2.75, 3.05) is 13.1 Å². The van der Waals surface area contributed by atoms with E-state index in [1.807, 2.05) is 13.8 Å². The van der Waals surface area contributed by atoms with E-state index in [-0.39, 0.29) is 17.9 Å². The maximum atomic E-state index is 11.4. The third-order valence-electron chi connectivity index (χ3n) is 2.01. The van der Waals surface area contributed by atoms with Gasteiger partial charge in [0.25, 0.3) is 0 Å². The molecule has 0 radical (unpaired) electrons. The van der Waals surface area contributed by atoms with E-state index in [9.17, 15) is 9.59 Å². The van der Waals surface area contributed by atoms with Gasteiger partial charge in [-0.25, -0.2) is 0 Å². The summed E-state index contributed by atoms with van der Waals surface area (Å²) >= 11 is 0. The monoisotopic (exact) mass is 170 g/mol. The van der Waals surface area contributed by atoms with Crippen molar-refractivity contribution in [2.24, 2.45) is 0 Å². The highest BCUT2D eigenvalue weighted by atomic mass is 16.2. The topological polar surface area (TPSA) is 49.4 Å². The second kappa shape index (κ2) is 3.67. The second-order valence-corrected chi connectivity index (χ2v) is 2.79. The number of carbonyl (C=O) groups excluding carboxylic acids is 2. The molecule has 12 heavy (non-hydrogen) atoms. The van der Waals surface area contributed by atoms with E-state index < -0.39 is 0 Å². The molecule has 0 aromatic heterocycles. The fraction of sp³-hybridized carbons (Fsp3) is 0.750. The summed E-state index contributed by atoms with van der Waals surface area (Å²) in [5.41, 5.74) is 0. The lowest BCUT2D eigenvalue weighted by Crippen LogP contribution is -2.38. The van der Waals surface area contributed by atoms with Crippen LogP contribution in [0.15, 0.2) is 0 Å². The fourth-order valence-corrected chi connectivity index (χ4v) is 1.42. The van der Waals surface area contributed by atoms with Crippen molar-refractivity contribution in [3.05, 3.63) is 0 Å². The number of nitrogens with one attached hydrogen (secondary N) is 1. The van der Waals surface area contributed by atoms with Crippen molar-refractivity contribution in [1.82, 2.24) is 10.2 Å². The zero-order valence-corrected chi connectivity index (χ0v) is 7.46. The van der Waals surface area contributed by atoms with Crippen LogP contribution < -0.4 is 5.32 Å². The van der Waals surface area contributed by atoms with Gasteiger partial charge in [-0.1, -0.05) is 6.92 Å². The van der Waals surface area contributed by atoms with Gasteiger partial charge in [0.1, 0.15) is 0 Å². The Balaban J connectivity index is 2.62. The molecule has 1 fully saturated rings. The molecule has 1 atom stereocenters. The summed E-state index contributed by atoms with van der Waals surface area (Å²) in [5, 5.41) is 2.98. The molecule has 0 aromatic rings. The molecule has 1 heterocycles.